The summed E-state index contributed by atoms with van der Waals surface area (Å²) in [5.41, 5.74) is -0.0411. The molecule has 2 aromatic rings. The van der Waals surface area contributed by atoms with Gasteiger partial charge in [0.2, 0.25) is 10.0 Å². The quantitative estimate of drug-likeness (QED) is 0.786. The molecule has 0 aliphatic heterocycles. The molecular weight excluding hydrogens is 329 g/mol. The monoisotopic (exact) mass is 343 g/mol. The van der Waals surface area contributed by atoms with Crippen LogP contribution in [0.15, 0.2) is 48.5 Å². The van der Waals surface area contributed by atoms with Crippen LogP contribution in [0.4, 0.5) is 4.39 Å². The summed E-state index contributed by atoms with van der Waals surface area (Å²) in [5.74, 6) is -0.499. The van der Waals surface area contributed by atoms with Crippen LogP contribution in [0.1, 0.15) is 5.56 Å². The number of nitrogens with one attached hydrogen (secondary N) is 1. The van der Waals surface area contributed by atoms with Gasteiger partial charge in [-0.25, -0.2) is 17.5 Å². The first-order chi connectivity index (χ1) is 10.5. The molecule has 0 aromatic heterocycles. The van der Waals surface area contributed by atoms with Gasteiger partial charge in [-0.05, 0) is 24.3 Å². The topological polar surface area (TPSA) is 55.4 Å². The van der Waals surface area contributed by atoms with E-state index in [4.69, 9.17) is 16.3 Å². The third-order valence-electron chi connectivity index (χ3n) is 2.83. The van der Waals surface area contributed by atoms with Crippen molar-refractivity contribution in [1.29, 1.82) is 0 Å². The first kappa shape index (κ1) is 16.7. The van der Waals surface area contributed by atoms with E-state index in [-0.39, 0.29) is 23.7 Å². The van der Waals surface area contributed by atoms with E-state index in [2.05, 4.69) is 4.72 Å². The summed E-state index contributed by atoms with van der Waals surface area (Å²) >= 11 is 5.82. The van der Waals surface area contributed by atoms with E-state index >= 15 is 0 Å². The van der Waals surface area contributed by atoms with Crippen LogP contribution < -0.4 is 9.46 Å². The zero-order valence-electron chi connectivity index (χ0n) is 11.6. The Morgan fingerprint density at radius 1 is 1.09 bits per heavy atom. The van der Waals surface area contributed by atoms with Crippen molar-refractivity contribution in [1.82, 2.24) is 4.72 Å². The Kier molecular flexibility index (Phi) is 5.76. The fourth-order valence-electron chi connectivity index (χ4n) is 1.79. The lowest BCUT2D eigenvalue weighted by Gasteiger charge is -2.10. The van der Waals surface area contributed by atoms with E-state index in [0.29, 0.717) is 5.75 Å². The lowest BCUT2D eigenvalue weighted by Crippen LogP contribution is -2.29. The molecule has 118 valence electrons. The Hall–Kier alpha value is -1.63. The van der Waals surface area contributed by atoms with E-state index in [1.54, 1.807) is 12.1 Å². The molecule has 0 atom stereocenters. The van der Waals surface area contributed by atoms with Crippen molar-refractivity contribution in [3.8, 4) is 5.75 Å². The molecule has 0 fully saturated rings. The van der Waals surface area contributed by atoms with Gasteiger partial charge in [-0.2, -0.15) is 0 Å². The van der Waals surface area contributed by atoms with Crippen LogP contribution in [0, 0.1) is 5.82 Å². The van der Waals surface area contributed by atoms with Crippen LogP contribution >= 0.6 is 11.6 Å². The fraction of sp³-hybridized carbons (Fsp3) is 0.200. The average molecular weight is 344 g/mol. The van der Waals surface area contributed by atoms with E-state index < -0.39 is 21.6 Å². The Bertz CT molecular complexity index is 703. The maximum atomic E-state index is 13.6. The molecule has 0 unspecified atom stereocenters. The second-order valence-electron chi connectivity index (χ2n) is 4.52. The zero-order valence-corrected chi connectivity index (χ0v) is 13.2. The van der Waals surface area contributed by atoms with E-state index in [1.165, 1.54) is 18.2 Å². The largest absolute Gasteiger partial charge is 0.492 e. The van der Waals surface area contributed by atoms with Crippen LogP contribution in [-0.2, 0) is 15.8 Å². The van der Waals surface area contributed by atoms with Gasteiger partial charge < -0.3 is 4.74 Å². The molecule has 1 N–H and O–H groups in total. The van der Waals surface area contributed by atoms with Crippen LogP contribution in [0.2, 0.25) is 5.02 Å². The van der Waals surface area contributed by atoms with Gasteiger partial charge in [0.1, 0.15) is 18.2 Å². The van der Waals surface area contributed by atoms with Crippen LogP contribution in [-0.4, -0.2) is 21.6 Å². The molecule has 0 saturated carbocycles. The maximum Gasteiger partial charge on any atom is 0.216 e. The molecule has 0 aliphatic carbocycles. The molecule has 0 bridgehead atoms. The van der Waals surface area contributed by atoms with E-state index in [1.807, 2.05) is 18.2 Å². The second-order valence-corrected chi connectivity index (χ2v) is 6.73. The molecule has 0 aliphatic rings. The number of ether oxygens (including phenoxy) is 1. The minimum atomic E-state index is -3.69. The minimum Gasteiger partial charge on any atom is -0.492 e. The van der Waals surface area contributed by atoms with Gasteiger partial charge in [0.05, 0.1) is 5.75 Å². The van der Waals surface area contributed by atoms with Crippen LogP contribution in [0.5, 0.6) is 5.75 Å². The molecule has 2 rings (SSSR count). The SMILES string of the molecule is O=S(=O)(Cc1c(F)cccc1Cl)NCCOc1ccccc1. The summed E-state index contributed by atoms with van der Waals surface area (Å²) in [5, 5.41) is 0.0888. The molecule has 0 amide bonds. The third kappa shape index (κ3) is 4.98. The van der Waals surface area contributed by atoms with Crippen molar-refractivity contribution in [3.63, 3.8) is 0 Å². The van der Waals surface area contributed by atoms with Gasteiger partial charge in [-0.3, -0.25) is 0 Å². The average Bonchev–Trinajstić information content (AvgIpc) is 2.49. The van der Waals surface area contributed by atoms with Crippen molar-refractivity contribution >= 4 is 21.6 Å². The zero-order chi connectivity index (χ0) is 16.0. The second kappa shape index (κ2) is 7.58. The number of halogens is 2. The molecule has 0 radical (unpaired) electrons. The number of para-hydroxylation sites is 1. The number of hydrogen-bond acceptors (Lipinski definition) is 3. The number of sulfonamides is 1. The predicted octanol–water partition coefficient (Wildman–Crippen LogP) is 2.98. The highest BCUT2D eigenvalue weighted by atomic mass is 35.5. The first-order valence-electron chi connectivity index (χ1n) is 6.56. The summed E-state index contributed by atoms with van der Waals surface area (Å²) in [7, 11) is -3.69. The number of hydrogen-bond donors (Lipinski definition) is 1. The maximum absolute atomic E-state index is 13.6. The summed E-state index contributed by atoms with van der Waals surface area (Å²) in [6, 6.07) is 13.1. The molecule has 2 aromatic carbocycles. The van der Waals surface area contributed by atoms with Gasteiger partial charge in [0, 0.05) is 17.1 Å². The Morgan fingerprint density at radius 3 is 2.50 bits per heavy atom. The molecule has 0 spiro atoms. The van der Waals surface area contributed by atoms with Crippen molar-refractivity contribution < 1.29 is 17.5 Å². The van der Waals surface area contributed by atoms with Crippen LogP contribution in [0.3, 0.4) is 0 Å². The Balaban J connectivity index is 1.86. The summed E-state index contributed by atoms with van der Waals surface area (Å²) in [6.45, 7) is 0.261. The number of rotatable bonds is 7. The highest BCUT2D eigenvalue weighted by molar-refractivity contribution is 7.88. The highest BCUT2D eigenvalue weighted by Crippen LogP contribution is 2.20. The molecule has 22 heavy (non-hydrogen) atoms. The summed E-state index contributed by atoms with van der Waals surface area (Å²) in [6.07, 6.45) is 0. The van der Waals surface area contributed by atoms with Crippen molar-refractivity contribution in [3.05, 3.63) is 64.9 Å². The standard InChI is InChI=1S/C15H15ClFNO3S/c16-14-7-4-8-15(17)13(14)11-22(19,20)18-9-10-21-12-5-2-1-3-6-12/h1-8,18H,9-11H2. The van der Waals surface area contributed by atoms with Crippen molar-refractivity contribution in [2.75, 3.05) is 13.2 Å². The highest BCUT2D eigenvalue weighted by Gasteiger charge is 2.16. The van der Waals surface area contributed by atoms with E-state index in [9.17, 15) is 12.8 Å². The predicted molar refractivity (Wildman–Crippen MR) is 84.0 cm³/mol. The Labute approximate surface area is 133 Å². The van der Waals surface area contributed by atoms with Crippen LogP contribution in [0.25, 0.3) is 0 Å². The van der Waals surface area contributed by atoms with Gasteiger partial charge in [-0.1, -0.05) is 35.9 Å². The molecular formula is C15H15ClFNO3S. The molecule has 0 heterocycles. The minimum absolute atomic E-state index is 0.0411. The third-order valence-corrected chi connectivity index (χ3v) is 4.50. The smallest absolute Gasteiger partial charge is 0.216 e. The molecule has 0 saturated heterocycles. The lowest BCUT2D eigenvalue weighted by molar-refractivity contribution is 0.323. The van der Waals surface area contributed by atoms with Crippen molar-refractivity contribution in [2.45, 2.75) is 5.75 Å². The van der Waals surface area contributed by atoms with Gasteiger partial charge in [0.25, 0.3) is 0 Å². The van der Waals surface area contributed by atoms with Gasteiger partial charge in [-0.15, -0.1) is 0 Å². The number of benzene rings is 2. The molecule has 4 nitrogen and oxygen atoms in total. The van der Waals surface area contributed by atoms with Gasteiger partial charge in [0.15, 0.2) is 0 Å². The molecule has 7 heteroatoms. The van der Waals surface area contributed by atoms with E-state index in [0.717, 1.165) is 0 Å². The summed E-state index contributed by atoms with van der Waals surface area (Å²) in [4.78, 5) is 0. The Morgan fingerprint density at radius 2 is 1.82 bits per heavy atom. The van der Waals surface area contributed by atoms with Gasteiger partial charge >= 0.3 is 0 Å². The first-order valence-corrected chi connectivity index (χ1v) is 8.59. The fourth-order valence-corrected chi connectivity index (χ4v) is 3.27. The summed E-state index contributed by atoms with van der Waals surface area (Å²) < 4.78 is 45.2. The lowest BCUT2D eigenvalue weighted by atomic mass is 10.2. The normalized spacial score (nSPS) is 11.4. The van der Waals surface area contributed by atoms with Crippen molar-refractivity contribution in [2.24, 2.45) is 0 Å².